The van der Waals surface area contributed by atoms with Gasteiger partial charge in [0.05, 0.1) is 22.0 Å². The van der Waals surface area contributed by atoms with Crippen molar-refractivity contribution in [3.8, 4) is 11.3 Å². The average Bonchev–Trinajstić information content (AvgIpc) is 3.14. The largest absolute Gasteiger partial charge is 0.367 e. The first-order valence-corrected chi connectivity index (χ1v) is 10.5. The Morgan fingerprint density at radius 1 is 1.07 bits per heavy atom. The number of quaternary nitrogens is 1. The molecule has 156 valence electrons. The molecule has 1 saturated heterocycles. The van der Waals surface area contributed by atoms with Gasteiger partial charge in [0.1, 0.15) is 0 Å². The molecule has 3 aromatic rings. The number of amides is 1. The van der Waals surface area contributed by atoms with E-state index in [1.165, 1.54) is 0 Å². The Bertz CT molecular complexity index is 1070. The average molecular weight is 446 g/mol. The molecule has 0 unspecified atom stereocenters. The normalized spacial score (nSPS) is 14.3. The van der Waals surface area contributed by atoms with Gasteiger partial charge >= 0.3 is 0 Å². The fraction of sp³-hybridized carbons (Fsp3) is 0.227. The number of hydrogen-bond acceptors (Lipinski definition) is 3. The lowest BCUT2D eigenvalue weighted by Gasteiger charge is -2.36. The second kappa shape index (κ2) is 8.70. The van der Waals surface area contributed by atoms with E-state index in [1.54, 1.807) is 6.07 Å². The highest BCUT2D eigenvalue weighted by atomic mass is 35.5. The third-order valence-corrected chi connectivity index (χ3v) is 6.10. The Morgan fingerprint density at radius 3 is 2.47 bits per heavy atom. The first-order valence-electron chi connectivity index (χ1n) is 9.73. The van der Waals surface area contributed by atoms with Crippen molar-refractivity contribution in [3.63, 3.8) is 0 Å². The minimum atomic E-state index is -0.000329. The standard InChI is InChI=1S/C22H22Cl2N4O2/c1-14-13-25-21(16-4-2-3-5-17(16)23)20(14)22(29)28-10-8-27(9-11-28)19-7-6-15(26-30)12-18(19)24/h2-7,12-13,25-26,30H,8-11H2,1H3/p+1. The zero-order valence-electron chi connectivity index (χ0n) is 16.5. The van der Waals surface area contributed by atoms with Gasteiger partial charge in [0.25, 0.3) is 5.91 Å². The molecule has 1 aromatic heterocycles. The molecule has 1 fully saturated rings. The molecule has 0 bridgehead atoms. The fourth-order valence-corrected chi connectivity index (χ4v) is 4.38. The number of benzene rings is 2. The van der Waals surface area contributed by atoms with Gasteiger partial charge in [-0.1, -0.05) is 41.4 Å². The summed E-state index contributed by atoms with van der Waals surface area (Å²) in [5.74, 6) is -0.000329. The zero-order chi connectivity index (χ0) is 21.3. The minimum absolute atomic E-state index is 0.000329. The highest BCUT2D eigenvalue weighted by Crippen LogP contribution is 2.33. The number of hydrogen-bond donors (Lipinski definition) is 3. The Kier molecular flexibility index (Phi) is 6.01. The molecule has 0 radical (unpaired) electrons. The summed E-state index contributed by atoms with van der Waals surface area (Å²) in [5.41, 5.74) is 5.73. The monoisotopic (exact) mass is 445 g/mol. The van der Waals surface area contributed by atoms with Crippen LogP contribution in [0.1, 0.15) is 15.9 Å². The third-order valence-electron chi connectivity index (χ3n) is 5.46. The van der Waals surface area contributed by atoms with Crippen molar-refractivity contribution >= 4 is 40.5 Å². The maximum atomic E-state index is 13.4. The number of nitrogens with two attached hydrogens (primary N) is 1. The molecule has 4 rings (SSSR count). The maximum Gasteiger partial charge on any atom is 0.256 e. The van der Waals surface area contributed by atoms with E-state index in [-0.39, 0.29) is 5.91 Å². The fourth-order valence-electron chi connectivity index (χ4n) is 3.84. The van der Waals surface area contributed by atoms with Crippen LogP contribution >= 0.6 is 23.2 Å². The van der Waals surface area contributed by atoms with Crippen LogP contribution in [-0.2, 0) is 0 Å². The van der Waals surface area contributed by atoms with Crippen LogP contribution in [-0.4, -0.2) is 47.2 Å². The predicted octanol–water partition coefficient (Wildman–Crippen LogP) is 3.84. The molecule has 8 heteroatoms. The second-order valence-electron chi connectivity index (χ2n) is 7.32. The molecule has 1 aliphatic rings. The van der Waals surface area contributed by atoms with Gasteiger partial charge in [-0.25, -0.2) is 5.21 Å². The predicted molar refractivity (Wildman–Crippen MR) is 119 cm³/mol. The number of halogens is 2. The minimum Gasteiger partial charge on any atom is -0.367 e. The van der Waals surface area contributed by atoms with Gasteiger partial charge in [-0.05, 0) is 24.6 Å². The summed E-state index contributed by atoms with van der Waals surface area (Å²) >= 11 is 12.7. The Hall–Kier alpha value is -2.51. The molecule has 4 N–H and O–H groups in total. The van der Waals surface area contributed by atoms with E-state index in [9.17, 15) is 4.79 Å². The molecule has 0 atom stereocenters. The van der Waals surface area contributed by atoms with Crippen molar-refractivity contribution in [1.82, 2.24) is 9.88 Å². The number of aromatic amines is 1. The van der Waals surface area contributed by atoms with Gasteiger partial charge in [0.2, 0.25) is 0 Å². The van der Waals surface area contributed by atoms with Crippen molar-refractivity contribution in [1.29, 1.82) is 0 Å². The van der Waals surface area contributed by atoms with Gasteiger partial charge in [0.15, 0.2) is 5.69 Å². The molecule has 0 spiro atoms. The summed E-state index contributed by atoms with van der Waals surface area (Å²) < 4.78 is 0. The van der Waals surface area contributed by atoms with Crippen molar-refractivity contribution in [2.24, 2.45) is 0 Å². The van der Waals surface area contributed by atoms with Crippen molar-refractivity contribution in [2.45, 2.75) is 6.92 Å². The second-order valence-corrected chi connectivity index (χ2v) is 8.14. The number of carbonyl (C=O) groups is 1. The summed E-state index contributed by atoms with van der Waals surface area (Å²) in [7, 11) is 0. The van der Waals surface area contributed by atoms with Gasteiger partial charge in [-0.15, -0.1) is 0 Å². The van der Waals surface area contributed by atoms with E-state index in [2.05, 4.69) is 9.88 Å². The van der Waals surface area contributed by atoms with Crippen LogP contribution in [0.5, 0.6) is 0 Å². The van der Waals surface area contributed by atoms with Crippen molar-refractivity contribution in [3.05, 3.63) is 69.8 Å². The van der Waals surface area contributed by atoms with Gasteiger partial charge in [0, 0.05) is 55.1 Å². The number of nitrogens with one attached hydrogen (secondary N) is 1. The third kappa shape index (κ3) is 3.91. The number of carbonyl (C=O) groups excluding carboxylic acids is 1. The number of piperazine rings is 1. The molecule has 2 aromatic carbocycles. The van der Waals surface area contributed by atoms with Crippen LogP contribution in [0.3, 0.4) is 0 Å². The quantitative estimate of drug-likeness (QED) is 0.421. The number of anilines is 1. The topological polar surface area (TPSA) is 76.2 Å². The van der Waals surface area contributed by atoms with Gasteiger partial charge < -0.3 is 14.8 Å². The number of nitrogens with zero attached hydrogens (tertiary/aromatic N) is 2. The lowest BCUT2D eigenvalue weighted by atomic mass is 10.0. The van der Waals surface area contributed by atoms with E-state index in [0.29, 0.717) is 47.5 Å². The smallest absolute Gasteiger partial charge is 0.256 e. The maximum absolute atomic E-state index is 13.4. The SMILES string of the molecule is Cc1c[nH]c(-c2ccccc2Cl)c1C(=O)N1CCN(c2ccc([NH2+]O)cc2Cl)CC1. The number of aromatic nitrogens is 1. The van der Waals surface area contributed by atoms with E-state index in [1.807, 2.05) is 54.4 Å². The van der Waals surface area contributed by atoms with E-state index < -0.39 is 0 Å². The molecule has 1 amide bonds. The van der Waals surface area contributed by atoms with Crippen molar-refractivity contribution in [2.75, 3.05) is 31.1 Å². The number of H-pyrrole nitrogens is 1. The molecule has 1 aliphatic heterocycles. The highest BCUT2D eigenvalue weighted by molar-refractivity contribution is 6.33. The van der Waals surface area contributed by atoms with Crippen LogP contribution in [0.25, 0.3) is 11.3 Å². The Morgan fingerprint density at radius 2 is 1.80 bits per heavy atom. The van der Waals surface area contributed by atoms with E-state index in [0.717, 1.165) is 28.0 Å². The van der Waals surface area contributed by atoms with Gasteiger partial charge in [-0.2, -0.15) is 5.48 Å². The molecular weight excluding hydrogens is 423 g/mol. The summed E-state index contributed by atoms with van der Waals surface area (Å²) in [5, 5.41) is 10.3. The molecule has 0 saturated carbocycles. The van der Waals surface area contributed by atoms with Crippen LogP contribution in [0.4, 0.5) is 11.4 Å². The first-order chi connectivity index (χ1) is 14.5. The van der Waals surface area contributed by atoms with Crippen molar-refractivity contribution < 1.29 is 15.5 Å². The van der Waals surface area contributed by atoms with Crippen LogP contribution in [0, 0.1) is 6.92 Å². The van der Waals surface area contributed by atoms with Crippen LogP contribution < -0.4 is 10.4 Å². The summed E-state index contributed by atoms with van der Waals surface area (Å²) in [6.07, 6.45) is 1.85. The highest BCUT2D eigenvalue weighted by Gasteiger charge is 2.27. The van der Waals surface area contributed by atoms with Gasteiger partial charge in [-0.3, -0.25) is 4.79 Å². The summed E-state index contributed by atoms with van der Waals surface area (Å²) in [6.45, 7) is 4.47. The molecule has 30 heavy (non-hydrogen) atoms. The number of aryl methyl sites for hydroxylation is 1. The Labute approximate surface area is 185 Å². The molecule has 6 nitrogen and oxygen atoms in total. The number of rotatable bonds is 4. The summed E-state index contributed by atoms with van der Waals surface area (Å²) in [4.78, 5) is 20.6. The lowest BCUT2D eigenvalue weighted by molar-refractivity contribution is -0.825. The first kappa shape index (κ1) is 20.8. The van der Waals surface area contributed by atoms with E-state index in [4.69, 9.17) is 28.4 Å². The van der Waals surface area contributed by atoms with Crippen LogP contribution in [0.15, 0.2) is 48.7 Å². The molecule has 0 aliphatic carbocycles. The summed E-state index contributed by atoms with van der Waals surface area (Å²) in [6, 6.07) is 13.0. The zero-order valence-corrected chi connectivity index (χ0v) is 18.0. The Balaban J connectivity index is 1.52. The lowest BCUT2D eigenvalue weighted by Crippen LogP contribution is -2.73. The molecule has 2 heterocycles. The molecular formula is C22H23Cl2N4O2+. The van der Waals surface area contributed by atoms with Crippen LogP contribution in [0.2, 0.25) is 10.0 Å². The van der Waals surface area contributed by atoms with E-state index >= 15 is 0 Å².